The van der Waals surface area contributed by atoms with Crippen molar-refractivity contribution < 1.29 is 146 Å². The third-order valence-electron chi connectivity index (χ3n) is 23.0. The van der Waals surface area contributed by atoms with Crippen LogP contribution in [0, 0.1) is 5.92 Å². The number of nitrogens with zero attached hydrogens (tertiary/aromatic N) is 2. The van der Waals surface area contributed by atoms with Gasteiger partial charge in [-0.2, -0.15) is 0 Å². The molecule has 51 nitrogen and oxygen atoms in total. The lowest BCUT2D eigenvalue weighted by atomic mass is 9.96. The molecule has 2 fully saturated rings. The van der Waals surface area contributed by atoms with Gasteiger partial charge in [-0.3, -0.25) is 110 Å². The Labute approximate surface area is 800 Å². The Morgan fingerprint density at radius 3 is 1.40 bits per heavy atom. The topological polar surface area (TPSA) is 829 Å². The second-order valence-electron chi connectivity index (χ2n) is 33.9. The lowest BCUT2D eigenvalue weighted by Crippen LogP contribution is -2.61. The fourth-order valence-corrected chi connectivity index (χ4v) is 15.3. The minimum Gasteiger partial charge on any atom is -0.508 e. The van der Waals surface area contributed by atoms with Gasteiger partial charge in [0.15, 0.2) is 0 Å². The largest absolute Gasteiger partial charge is 0.508 e. The first-order valence-electron chi connectivity index (χ1n) is 45.1. The highest BCUT2D eigenvalue weighted by atomic mass is 16.4. The molecule has 140 heavy (non-hydrogen) atoms. The van der Waals surface area contributed by atoms with Crippen LogP contribution in [-0.4, -0.2) is 316 Å². The van der Waals surface area contributed by atoms with Crippen LogP contribution in [-0.2, 0) is 130 Å². The number of aliphatic hydroxyl groups is 1. The number of amides is 18. The zero-order chi connectivity index (χ0) is 104. The summed E-state index contributed by atoms with van der Waals surface area (Å²) < 4.78 is 0. The fourth-order valence-electron chi connectivity index (χ4n) is 15.3. The van der Waals surface area contributed by atoms with Gasteiger partial charge in [-0.15, -0.1) is 0 Å². The highest BCUT2D eigenvalue weighted by molar-refractivity contribution is 6.03. The van der Waals surface area contributed by atoms with Gasteiger partial charge in [-0.25, -0.2) is 0 Å². The van der Waals surface area contributed by atoms with Crippen LogP contribution in [0.2, 0.25) is 0 Å². The highest BCUT2D eigenvalue weighted by Crippen LogP contribution is 2.25. The molecule has 30 N–H and O–H groups in total. The van der Waals surface area contributed by atoms with Crippen molar-refractivity contribution >= 4 is 147 Å². The van der Waals surface area contributed by atoms with Gasteiger partial charge in [-0.1, -0.05) is 80.9 Å². The number of carbonyl (C=O) groups is 23. The second-order valence-corrected chi connectivity index (χ2v) is 33.9. The van der Waals surface area contributed by atoms with Crippen molar-refractivity contribution in [3.05, 3.63) is 102 Å². The predicted molar refractivity (Wildman–Crippen MR) is 488 cm³/mol. The van der Waals surface area contributed by atoms with Crippen molar-refractivity contribution in [3.63, 3.8) is 0 Å². The van der Waals surface area contributed by atoms with Crippen LogP contribution >= 0.6 is 0 Å². The number of hydrogen-bond acceptors (Lipinski definition) is 27. The minimum absolute atomic E-state index is 0.00775. The molecule has 2 saturated heterocycles. The average Bonchev–Trinajstić information content (AvgIpc) is 1.59. The lowest BCUT2D eigenvalue weighted by Gasteiger charge is -2.31. The molecular formula is C89H123N21O30. The molecule has 1 aromatic heterocycles. The molecule has 17 unspecified atom stereocenters. The summed E-state index contributed by atoms with van der Waals surface area (Å²) in [5, 5.41) is 103. The Hall–Kier alpha value is -15.3. The maximum absolute atomic E-state index is 14.6. The van der Waals surface area contributed by atoms with Crippen LogP contribution in [0.15, 0.2) is 85.1 Å². The summed E-state index contributed by atoms with van der Waals surface area (Å²) in [5.74, 6) is -29.1. The Kier molecular flexibility index (Phi) is 45.2. The van der Waals surface area contributed by atoms with E-state index in [4.69, 9.17) is 22.9 Å². The number of benzene rings is 3. The van der Waals surface area contributed by atoms with E-state index in [1.807, 2.05) is 28.1 Å². The highest BCUT2D eigenvalue weighted by Gasteiger charge is 2.45. The van der Waals surface area contributed by atoms with E-state index in [2.05, 4.69) is 63.5 Å². The van der Waals surface area contributed by atoms with Crippen LogP contribution in [0.5, 0.6) is 5.75 Å². The zero-order valence-corrected chi connectivity index (χ0v) is 77.3. The van der Waals surface area contributed by atoms with E-state index in [1.54, 1.807) is 62.5 Å². The molecule has 3 heterocycles. The molecule has 0 bridgehead atoms. The number of aliphatic carboxylic acids is 5. The summed E-state index contributed by atoms with van der Waals surface area (Å²) in [6, 6.07) is -5.02. The number of aromatic nitrogens is 1. The first-order valence-corrected chi connectivity index (χ1v) is 45.1. The number of carbonyl (C=O) groups excluding carboxylic acids is 18. The first-order chi connectivity index (χ1) is 66.2. The van der Waals surface area contributed by atoms with Gasteiger partial charge in [0.25, 0.3) is 0 Å². The van der Waals surface area contributed by atoms with Crippen LogP contribution < -0.4 is 97.4 Å². The number of phenols is 1. The quantitative estimate of drug-likeness (QED) is 0.0183. The second kappa shape index (κ2) is 55.8. The number of H-pyrrole nitrogens is 1. The monoisotopic (exact) mass is 1970 g/mol. The molecule has 18 amide bonds. The summed E-state index contributed by atoms with van der Waals surface area (Å²) in [6.45, 7) is 3.19. The summed E-state index contributed by atoms with van der Waals surface area (Å²) in [7, 11) is 0. The summed E-state index contributed by atoms with van der Waals surface area (Å²) in [4.78, 5) is 315. The molecule has 6 rings (SSSR count). The third-order valence-corrected chi connectivity index (χ3v) is 23.0. The molecular weight excluding hydrogens is 1840 g/mol. The standard InChI is InChI=1S/C89H123N21O30/c1-5-44(2)73(107-75(126)52(91)37-49-41-94-53-18-10-9-17-51(49)53)86(137)106-62(40-71(122)123)89(140)110-34-14-21-64(110)85(136)101-56(27-30-68(116)117)79(130)105-60(38-66(93)114)77(128)95-42-67(115)98-61(39-70(120)121)83(134)108-74(46(4)111)87(138)102-57(28-31-69(118)119)80(131)103-58(36-48-22-24-50(112)25-23-48)81(132)97-45(3)88(139)109-33-13-20-63(109)84(135)100-54(19-11-12-32-90)78(129)104-59(35-47-15-7-6-8-16-47)82(133)99-55(26-29-65(92)113)76(127)96-43-72(124)125/h6-10,15-18,22-25,41,44-46,52,54-64,73-74,94,111-112H,5,11-14,19-21,26-40,42-43,90-91H2,1-4H3,(H2,92,113)(H2,93,114)(H,95,128)(H,96,127)(H,97,132)(H,98,115)(H,99,133)(H,100,135)(H,101,136)(H,102,138)(H,103,131)(H,104,129)(H,105,130)(H,106,137)(H,107,126)(H,108,134)(H,116,117)(H,118,119)(H,120,121)(H,122,123)(H,124,125). The molecule has 0 radical (unpaired) electrons. The molecule has 0 saturated carbocycles. The molecule has 0 aliphatic carbocycles. The Morgan fingerprint density at radius 2 is 0.864 bits per heavy atom. The van der Waals surface area contributed by atoms with Gasteiger partial charge < -0.3 is 148 Å². The number of likely N-dealkylation sites (tertiary alicyclic amines) is 2. The molecule has 764 valence electrons. The number of hydrogen-bond donors (Lipinski definition) is 26. The van der Waals surface area contributed by atoms with Crippen molar-refractivity contribution in [2.45, 2.75) is 253 Å². The normalized spacial score (nSPS) is 16.5. The summed E-state index contributed by atoms with van der Waals surface area (Å²) in [6.07, 6.45) is -7.58. The number of fused-ring (bicyclic) bond motifs is 1. The number of rotatable bonds is 59. The number of unbranched alkanes of at least 4 members (excludes halogenated alkanes) is 1. The Morgan fingerprint density at radius 1 is 0.421 bits per heavy atom. The molecule has 2 aliphatic rings. The van der Waals surface area contributed by atoms with E-state index in [-0.39, 0.29) is 95.2 Å². The fraction of sp³-hybridized carbons (Fsp3) is 0.517. The Bertz CT molecular complexity index is 5140. The van der Waals surface area contributed by atoms with E-state index in [0.29, 0.717) is 17.5 Å². The maximum Gasteiger partial charge on any atom is 0.322 e. The van der Waals surface area contributed by atoms with E-state index in [0.717, 1.165) is 27.6 Å². The number of carboxylic acid groups (broad SMARTS) is 5. The van der Waals surface area contributed by atoms with E-state index < -0.39 is 310 Å². The van der Waals surface area contributed by atoms with Gasteiger partial charge in [-0.05, 0) is 132 Å². The molecule has 51 heteroatoms. The van der Waals surface area contributed by atoms with Crippen molar-refractivity contribution in [3.8, 4) is 5.75 Å². The average molecular weight is 1970 g/mol. The van der Waals surface area contributed by atoms with Crippen LogP contribution in [0.4, 0.5) is 0 Å². The van der Waals surface area contributed by atoms with Crippen LogP contribution in [0.25, 0.3) is 10.9 Å². The van der Waals surface area contributed by atoms with Crippen LogP contribution in [0.3, 0.4) is 0 Å². The Balaban J connectivity index is 1.12. The minimum atomic E-state index is -2.24. The van der Waals surface area contributed by atoms with E-state index in [9.17, 15) is 146 Å². The van der Waals surface area contributed by atoms with Crippen molar-refractivity contribution in [2.24, 2.45) is 28.9 Å². The smallest absolute Gasteiger partial charge is 0.322 e. The number of nitrogens with one attached hydrogen (secondary N) is 15. The summed E-state index contributed by atoms with van der Waals surface area (Å²) >= 11 is 0. The number of aromatic amines is 1. The van der Waals surface area contributed by atoms with Gasteiger partial charge in [0.1, 0.15) is 96.9 Å². The van der Waals surface area contributed by atoms with Gasteiger partial charge in [0.2, 0.25) is 106 Å². The van der Waals surface area contributed by atoms with Gasteiger partial charge in [0.05, 0.1) is 38.0 Å². The number of aliphatic hydroxyl groups excluding tert-OH is 1. The van der Waals surface area contributed by atoms with E-state index in [1.165, 1.54) is 31.2 Å². The summed E-state index contributed by atoms with van der Waals surface area (Å²) in [5.41, 5.74) is 25.1. The van der Waals surface area contributed by atoms with E-state index >= 15 is 0 Å². The molecule has 17 atom stereocenters. The van der Waals surface area contributed by atoms with Crippen molar-refractivity contribution in [1.29, 1.82) is 0 Å². The van der Waals surface area contributed by atoms with Crippen molar-refractivity contribution in [1.82, 2.24) is 89.2 Å². The zero-order valence-electron chi connectivity index (χ0n) is 77.3. The lowest BCUT2D eigenvalue weighted by molar-refractivity contribution is -0.146. The number of carboxylic acids is 5. The number of primary amides is 2. The number of aromatic hydroxyl groups is 1. The van der Waals surface area contributed by atoms with Crippen LogP contribution in [0.1, 0.15) is 154 Å². The van der Waals surface area contributed by atoms with Gasteiger partial charge >= 0.3 is 29.8 Å². The predicted octanol–water partition coefficient (Wildman–Crippen LogP) is -7.26. The maximum atomic E-state index is 14.6. The molecule has 0 spiro atoms. The molecule has 2 aliphatic heterocycles. The first kappa shape index (κ1) is 113. The SMILES string of the molecule is CCC(C)C(NC(=O)C(N)Cc1c[nH]c2ccccc12)C(=O)NC(CC(=O)O)C(=O)N1CCCC1C(=O)NC(CCC(=O)O)C(=O)NC(CC(N)=O)C(=O)NCC(=O)NC(CC(=O)O)C(=O)NC(C(=O)NC(CCC(=O)O)C(=O)NC(Cc1ccc(O)cc1)C(=O)NC(C)C(=O)N1CCCC1C(=O)NC(CCCCN)C(=O)NC(Cc1ccccc1)C(=O)NC(CCC(N)=O)C(=O)NCC(=O)O)C(C)O. The third kappa shape index (κ3) is 36.6. The molecule has 3 aromatic carbocycles. The number of phenolic OH excluding ortho intramolecular Hbond substituents is 1. The number of para-hydroxylation sites is 1. The van der Waals surface area contributed by atoms with Crippen molar-refractivity contribution in [2.75, 3.05) is 32.7 Å². The molecule has 4 aromatic rings. The van der Waals surface area contributed by atoms with Gasteiger partial charge in [0, 0.05) is 62.3 Å². The number of nitrogens with two attached hydrogens (primary N) is 4.